The van der Waals surface area contributed by atoms with Crippen molar-refractivity contribution < 1.29 is 9.53 Å². The van der Waals surface area contributed by atoms with Crippen LogP contribution in [-0.2, 0) is 4.74 Å². The number of methoxy groups -OCH3 is 1. The third-order valence-electron chi connectivity index (χ3n) is 1.50. The Hall–Kier alpha value is -1.13. The Balaban J connectivity index is 2.29. The first-order valence-corrected chi connectivity index (χ1v) is 3.42. The fourth-order valence-corrected chi connectivity index (χ4v) is 0.922. The molecule has 0 amide bonds. The predicted molar refractivity (Wildman–Crippen MR) is 43.2 cm³/mol. The summed E-state index contributed by atoms with van der Waals surface area (Å²) < 4.78 is 4.51. The quantitative estimate of drug-likeness (QED) is 0.514. The minimum atomic E-state index is -0.204. The maximum Gasteiger partial charge on any atom is 0.371 e. The zero-order chi connectivity index (χ0) is 8.27. The van der Waals surface area contributed by atoms with Gasteiger partial charge in [0.05, 0.1) is 13.8 Å². The molecular formula is C6H11BN2O2. The maximum absolute atomic E-state index is 10.8. The minimum Gasteiger partial charge on any atom is -0.475 e. The highest BCUT2D eigenvalue weighted by atomic mass is 16.5. The molecule has 0 bridgehead atoms. The smallest absolute Gasteiger partial charge is 0.371 e. The van der Waals surface area contributed by atoms with Crippen molar-refractivity contribution in [2.75, 3.05) is 20.8 Å². The zero-order valence-corrected chi connectivity index (χ0v) is 6.78. The van der Waals surface area contributed by atoms with Crippen LogP contribution in [0.4, 0.5) is 4.79 Å². The van der Waals surface area contributed by atoms with E-state index in [4.69, 9.17) is 0 Å². The zero-order valence-electron chi connectivity index (χ0n) is 6.78. The van der Waals surface area contributed by atoms with E-state index in [1.807, 2.05) is 29.2 Å². The maximum atomic E-state index is 10.8. The van der Waals surface area contributed by atoms with E-state index in [2.05, 4.69) is 4.74 Å². The van der Waals surface area contributed by atoms with Crippen molar-refractivity contribution in [1.29, 1.82) is 0 Å². The van der Waals surface area contributed by atoms with Crippen molar-refractivity contribution in [1.82, 2.24) is 9.71 Å². The summed E-state index contributed by atoms with van der Waals surface area (Å²) in [6, 6.07) is 0. The molecular weight excluding hydrogens is 143 g/mol. The molecule has 1 aliphatic heterocycles. The van der Waals surface area contributed by atoms with Crippen molar-refractivity contribution in [3.63, 3.8) is 0 Å². The van der Waals surface area contributed by atoms with Gasteiger partial charge in [0.2, 0.25) is 0 Å². The molecule has 60 valence electrons. The van der Waals surface area contributed by atoms with E-state index in [1.165, 1.54) is 7.11 Å². The van der Waals surface area contributed by atoms with Gasteiger partial charge in [0.15, 0.2) is 0 Å². The number of nitrogens with zero attached hydrogens (tertiary/aromatic N) is 2. The van der Waals surface area contributed by atoms with Gasteiger partial charge in [0.1, 0.15) is 0 Å². The van der Waals surface area contributed by atoms with Crippen molar-refractivity contribution in [2.45, 2.75) is 0 Å². The molecule has 0 unspecified atom stereocenters. The van der Waals surface area contributed by atoms with Crippen LogP contribution in [0.25, 0.3) is 0 Å². The molecule has 0 aromatic rings. The molecule has 0 aliphatic carbocycles. The molecule has 0 spiro atoms. The first-order chi connectivity index (χ1) is 5.22. The Kier molecular flexibility index (Phi) is 2.41. The number of ether oxygens (including phenoxy) is 1. The average molecular weight is 154 g/mol. The first-order valence-electron chi connectivity index (χ1n) is 3.42. The molecule has 1 aliphatic rings. The van der Waals surface area contributed by atoms with E-state index in [-0.39, 0.29) is 5.87 Å². The lowest BCUT2D eigenvalue weighted by Crippen LogP contribution is -2.31. The van der Waals surface area contributed by atoms with Gasteiger partial charge in [-0.05, 0) is 0 Å². The van der Waals surface area contributed by atoms with Gasteiger partial charge >= 0.3 is 7.41 Å². The fraction of sp³-hybridized carbons (Fsp3) is 0.500. The molecule has 0 radical (unpaired) electrons. The second kappa shape index (κ2) is 3.32. The summed E-state index contributed by atoms with van der Waals surface area (Å²) in [6.45, 7) is 0.759. The minimum absolute atomic E-state index is 0.204. The summed E-state index contributed by atoms with van der Waals surface area (Å²) in [4.78, 5) is 14.6. The number of hydrogen-bond donors (Lipinski definition) is 0. The second-order valence-electron chi connectivity index (χ2n) is 2.52. The molecule has 0 aromatic carbocycles. The van der Waals surface area contributed by atoms with E-state index < -0.39 is 0 Å². The van der Waals surface area contributed by atoms with Crippen molar-refractivity contribution in [3.05, 3.63) is 12.4 Å². The van der Waals surface area contributed by atoms with Crippen LogP contribution < -0.4 is 0 Å². The third-order valence-corrected chi connectivity index (χ3v) is 1.50. The van der Waals surface area contributed by atoms with Gasteiger partial charge in [-0.25, -0.2) is 0 Å². The standard InChI is InChI=1S/C6H11BN2O2/c1-8-3-4-9(5-8)7-6(10)11-2/h3-4,7H,5H2,1-2H3. The number of carbonyl (C=O) groups excluding carboxylic acids is 1. The summed E-state index contributed by atoms with van der Waals surface area (Å²) in [7, 11) is 3.68. The fourth-order valence-electron chi connectivity index (χ4n) is 0.922. The van der Waals surface area contributed by atoms with Crippen molar-refractivity contribution in [2.24, 2.45) is 0 Å². The first kappa shape index (κ1) is 7.98. The summed E-state index contributed by atoms with van der Waals surface area (Å²) in [5.74, 6) is -0.204. The molecule has 0 aromatic heterocycles. The summed E-state index contributed by atoms with van der Waals surface area (Å²) in [5, 5.41) is 0. The lowest BCUT2D eigenvalue weighted by molar-refractivity contribution is 0.195. The van der Waals surface area contributed by atoms with Crippen molar-refractivity contribution in [3.8, 4) is 0 Å². The van der Waals surface area contributed by atoms with Crippen LogP contribution in [0.2, 0.25) is 0 Å². The molecule has 0 N–H and O–H groups in total. The Morgan fingerprint density at radius 1 is 1.64 bits per heavy atom. The van der Waals surface area contributed by atoms with Crippen LogP contribution >= 0.6 is 0 Å². The molecule has 0 atom stereocenters. The Morgan fingerprint density at radius 3 is 2.82 bits per heavy atom. The van der Waals surface area contributed by atoms with Crippen LogP contribution in [0.1, 0.15) is 0 Å². The highest BCUT2D eigenvalue weighted by Gasteiger charge is 2.14. The Bertz CT molecular complexity index is 183. The molecule has 0 saturated carbocycles. The number of hydrogen-bond acceptors (Lipinski definition) is 4. The van der Waals surface area contributed by atoms with E-state index >= 15 is 0 Å². The molecule has 11 heavy (non-hydrogen) atoms. The monoisotopic (exact) mass is 154 g/mol. The highest BCUT2D eigenvalue weighted by Crippen LogP contribution is 2.01. The molecule has 0 saturated heterocycles. The van der Waals surface area contributed by atoms with Gasteiger partial charge in [0, 0.05) is 19.4 Å². The van der Waals surface area contributed by atoms with Gasteiger partial charge in [-0.3, -0.25) is 4.79 Å². The normalized spacial score (nSPS) is 15.5. The topological polar surface area (TPSA) is 32.8 Å². The van der Waals surface area contributed by atoms with Gasteiger partial charge in [0.25, 0.3) is 5.87 Å². The van der Waals surface area contributed by atoms with Crippen LogP contribution in [0.3, 0.4) is 0 Å². The number of carbonyl (C=O) groups is 1. The molecule has 5 heteroatoms. The Labute approximate surface area is 66.7 Å². The van der Waals surface area contributed by atoms with Crippen molar-refractivity contribution >= 4 is 13.3 Å². The van der Waals surface area contributed by atoms with Crippen LogP contribution in [0, 0.1) is 0 Å². The van der Waals surface area contributed by atoms with Gasteiger partial charge in [-0.2, -0.15) is 0 Å². The highest BCUT2D eigenvalue weighted by molar-refractivity contribution is 6.69. The van der Waals surface area contributed by atoms with Crippen LogP contribution in [0.5, 0.6) is 0 Å². The van der Waals surface area contributed by atoms with Gasteiger partial charge < -0.3 is 14.4 Å². The second-order valence-corrected chi connectivity index (χ2v) is 2.52. The largest absolute Gasteiger partial charge is 0.475 e. The predicted octanol–water partition coefficient (Wildman–Crippen LogP) is -0.220. The van der Waals surface area contributed by atoms with Crippen LogP contribution in [-0.4, -0.2) is 43.8 Å². The Morgan fingerprint density at radius 2 is 2.36 bits per heavy atom. The van der Waals surface area contributed by atoms with E-state index in [9.17, 15) is 4.79 Å². The van der Waals surface area contributed by atoms with E-state index in [0.717, 1.165) is 6.67 Å². The lowest BCUT2D eigenvalue weighted by Gasteiger charge is -2.15. The molecule has 0 fully saturated rings. The summed E-state index contributed by atoms with van der Waals surface area (Å²) in [5.41, 5.74) is 0. The average Bonchev–Trinajstić information content (AvgIpc) is 2.35. The lowest BCUT2D eigenvalue weighted by atomic mass is 9.93. The van der Waals surface area contributed by atoms with E-state index in [1.54, 1.807) is 0 Å². The SMILES string of the molecule is COC(=O)BN1C=CN(C)C1. The van der Waals surface area contributed by atoms with Gasteiger partial charge in [-0.15, -0.1) is 0 Å². The van der Waals surface area contributed by atoms with E-state index in [0.29, 0.717) is 7.41 Å². The van der Waals surface area contributed by atoms with Gasteiger partial charge in [-0.1, -0.05) is 0 Å². The number of rotatable bonds is 2. The summed E-state index contributed by atoms with van der Waals surface area (Å²) in [6.07, 6.45) is 3.79. The third kappa shape index (κ3) is 2.18. The molecule has 1 rings (SSSR count). The molecule has 1 heterocycles. The summed E-state index contributed by atoms with van der Waals surface area (Å²) >= 11 is 0. The van der Waals surface area contributed by atoms with Crippen LogP contribution in [0.15, 0.2) is 12.4 Å². The molecule has 4 nitrogen and oxygen atoms in total.